The average molecular weight is 398 g/mol. The molecule has 7 heteroatoms. The van der Waals surface area contributed by atoms with Gasteiger partial charge in [0.15, 0.2) is 0 Å². The summed E-state index contributed by atoms with van der Waals surface area (Å²) in [5.74, 6) is -0.250. The molecule has 142 valence electrons. The molecule has 0 atom stereocenters. The van der Waals surface area contributed by atoms with Gasteiger partial charge in [-0.2, -0.15) is 5.10 Å². The van der Waals surface area contributed by atoms with Crippen molar-refractivity contribution >= 4 is 29.4 Å². The molecule has 1 amide bonds. The molecule has 0 saturated carbocycles. The Kier molecular flexibility index (Phi) is 6.24. The topological polar surface area (TPSA) is 76.7 Å². The molecule has 0 radical (unpaired) electrons. The van der Waals surface area contributed by atoms with Gasteiger partial charge in [0, 0.05) is 11.3 Å². The number of benzene rings is 3. The van der Waals surface area contributed by atoms with Crippen molar-refractivity contribution in [1.82, 2.24) is 5.43 Å². The number of para-hydroxylation sites is 1. The number of anilines is 1. The highest BCUT2D eigenvalue weighted by Gasteiger charge is 2.08. The Morgan fingerprint density at radius 2 is 1.86 bits per heavy atom. The largest absolute Gasteiger partial charge is 0.489 e. The van der Waals surface area contributed by atoms with E-state index in [1.807, 2.05) is 0 Å². The maximum Gasteiger partial charge on any atom is 0.273 e. The molecule has 3 aromatic rings. The minimum Gasteiger partial charge on any atom is -0.489 e. The number of hydrazone groups is 1. The summed E-state index contributed by atoms with van der Waals surface area (Å²) >= 11 is 5.98. The number of hydrogen-bond donors (Lipinski definition) is 2. The van der Waals surface area contributed by atoms with E-state index in [0.717, 1.165) is 5.56 Å². The first-order chi connectivity index (χ1) is 13.5. The third-order valence-corrected chi connectivity index (χ3v) is 4.26. The summed E-state index contributed by atoms with van der Waals surface area (Å²) in [6, 6.07) is 18.2. The second kappa shape index (κ2) is 9.01. The van der Waals surface area contributed by atoms with Crippen LogP contribution in [-0.4, -0.2) is 12.1 Å². The minimum atomic E-state index is -0.411. The first-order valence-electron chi connectivity index (χ1n) is 8.38. The highest BCUT2D eigenvalue weighted by atomic mass is 35.5. The average Bonchev–Trinajstić information content (AvgIpc) is 2.69. The van der Waals surface area contributed by atoms with Crippen molar-refractivity contribution in [1.29, 1.82) is 0 Å². The number of nitrogens with one attached hydrogen (secondary N) is 1. The number of hydrogen-bond acceptors (Lipinski definition) is 4. The van der Waals surface area contributed by atoms with E-state index in [2.05, 4.69) is 10.5 Å². The number of nitrogen functional groups attached to an aromatic ring is 1. The van der Waals surface area contributed by atoms with Gasteiger partial charge in [-0.25, -0.2) is 9.82 Å². The first-order valence-corrected chi connectivity index (χ1v) is 8.76. The second-order valence-electron chi connectivity index (χ2n) is 5.84. The molecule has 0 aromatic heterocycles. The monoisotopic (exact) mass is 397 g/mol. The van der Waals surface area contributed by atoms with Gasteiger partial charge in [0.2, 0.25) is 0 Å². The number of amides is 1. The van der Waals surface area contributed by atoms with E-state index in [1.54, 1.807) is 60.7 Å². The number of nitrogens with zero attached hydrogens (tertiary/aromatic N) is 1. The predicted molar refractivity (Wildman–Crippen MR) is 108 cm³/mol. The van der Waals surface area contributed by atoms with Gasteiger partial charge in [-0.05, 0) is 54.1 Å². The Labute approximate surface area is 166 Å². The SMILES string of the molecule is Nc1ccccc1C(=O)N/N=C/c1ccc(OCc2c(F)cccc2Cl)cc1. The summed E-state index contributed by atoms with van der Waals surface area (Å²) < 4.78 is 19.3. The normalized spacial score (nSPS) is 10.8. The van der Waals surface area contributed by atoms with Crippen molar-refractivity contribution in [3.63, 3.8) is 0 Å². The number of ether oxygens (including phenoxy) is 1. The van der Waals surface area contributed by atoms with Crippen LogP contribution in [0.15, 0.2) is 71.8 Å². The lowest BCUT2D eigenvalue weighted by Gasteiger charge is -2.09. The van der Waals surface area contributed by atoms with Crippen LogP contribution in [-0.2, 0) is 6.61 Å². The van der Waals surface area contributed by atoms with Gasteiger partial charge in [0.25, 0.3) is 5.91 Å². The van der Waals surface area contributed by atoms with Gasteiger partial charge < -0.3 is 10.5 Å². The van der Waals surface area contributed by atoms with Gasteiger partial charge in [0.05, 0.1) is 16.8 Å². The van der Waals surface area contributed by atoms with Crippen LogP contribution in [0.1, 0.15) is 21.5 Å². The fourth-order valence-corrected chi connectivity index (χ4v) is 2.62. The molecule has 0 aliphatic rings. The van der Waals surface area contributed by atoms with Crippen LogP contribution in [0.3, 0.4) is 0 Å². The molecule has 0 aliphatic carbocycles. The summed E-state index contributed by atoms with van der Waals surface area (Å²) in [5.41, 5.74) is 9.97. The lowest BCUT2D eigenvalue weighted by molar-refractivity contribution is 0.0956. The summed E-state index contributed by atoms with van der Waals surface area (Å²) in [6.45, 7) is 0.0213. The van der Waals surface area contributed by atoms with Gasteiger partial charge in [-0.3, -0.25) is 4.79 Å². The standard InChI is InChI=1S/C21H17ClFN3O2/c22-18-5-3-6-19(23)17(18)13-28-15-10-8-14(9-11-15)12-25-26-21(27)16-4-1-2-7-20(16)24/h1-12H,13,24H2,(H,26,27)/b25-12+. The van der Waals surface area contributed by atoms with E-state index < -0.39 is 11.7 Å². The van der Waals surface area contributed by atoms with E-state index in [4.69, 9.17) is 22.1 Å². The quantitative estimate of drug-likeness (QED) is 0.367. The number of rotatable bonds is 6. The van der Waals surface area contributed by atoms with Crippen molar-refractivity contribution in [2.45, 2.75) is 6.61 Å². The highest BCUT2D eigenvalue weighted by Crippen LogP contribution is 2.21. The highest BCUT2D eigenvalue weighted by molar-refractivity contribution is 6.31. The Morgan fingerprint density at radius 1 is 1.11 bits per heavy atom. The van der Waals surface area contributed by atoms with E-state index in [1.165, 1.54) is 12.3 Å². The summed E-state index contributed by atoms with van der Waals surface area (Å²) in [6.07, 6.45) is 1.49. The summed E-state index contributed by atoms with van der Waals surface area (Å²) in [5, 5.41) is 4.24. The van der Waals surface area contributed by atoms with Gasteiger partial charge in [-0.15, -0.1) is 0 Å². The van der Waals surface area contributed by atoms with E-state index >= 15 is 0 Å². The molecule has 28 heavy (non-hydrogen) atoms. The first kappa shape index (κ1) is 19.4. The molecule has 3 N–H and O–H groups in total. The van der Waals surface area contributed by atoms with Crippen molar-refractivity contribution in [3.05, 3.63) is 94.3 Å². The number of carbonyl (C=O) groups is 1. The Bertz CT molecular complexity index is 987. The van der Waals surface area contributed by atoms with Gasteiger partial charge in [-0.1, -0.05) is 29.8 Å². The van der Waals surface area contributed by atoms with Crippen LogP contribution in [0.4, 0.5) is 10.1 Å². The fourth-order valence-electron chi connectivity index (χ4n) is 2.41. The van der Waals surface area contributed by atoms with Crippen LogP contribution < -0.4 is 15.9 Å². The minimum absolute atomic E-state index is 0.0213. The smallest absolute Gasteiger partial charge is 0.273 e. The van der Waals surface area contributed by atoms with Crippen LogP contribution in [0, 0.1) is 5.82 Å². The Balaban J connectivity index is 1.56. The van der Waals surface area contributed by atoms with Crippen molar-refractivity contribution in [2.75, 3.05) is 5.73 Å². The lowest BCUT2D eigenvalue weighted by Crippen LogP contribution is -2.18. The van der Waals surface area contributed by atoms with E-state index in [-0.39, 0.29) is 6.61 Å². The molecular formula is C21H17ClFN3O2. The van der Waals surface area contributed by atoms with E-state index in [9.17, 15) is 9.18 Å². The number of carbonyl (C=O) groups excluding carboxylic acids is 1. The van der Waals surface area contributed by atoms with Crippen LogP contribution >= 0.6 is 11.6 Å². The maximum absolute atomic E-state index is 13.7. The zero-order chi connectivity index (χ0) is 19.9. The molecule has 0 fully saturated rings. The van der Waals surface area contributed by atoms with Crippen LogP contribution in [0.5, 0.6) is 5.75 Å². The molecule has 3 aromatic carbocycles. The zero-order valence-electron chi connectivity index (χ0n) is 14.7. The summed E-state index contributed by atoms with van der Waals surface area (Å²) in [4.78, 5) is 12.0. The molecule has 3 rings (SSSR count). The van der Waals surface area contributed by atoms with Crippen molar-refractivity contribution in [2.24, 2.45) is 5.10 Å². The maximum atomic E-state index is 13.7. The molecule has 0 spiro atoms. The second-order valence-corrected chi connectivity index (χ2v) is 6.25. The molecule has 5 nitrogen and oxygen atoms in total. The van der Waals surface area contributed by atoms with Gasteiger partial charge in [0.1, 0.15) is 18.2 Å². The lowest BCUT2D eigenvalue weighted by atomic mass is 10.2. The van der Waals surface area contributed by atoms with Crippen molar-refractivity contribution < 1.29 is 13.9 Å². The third-order valence-electron chi connectivity index (χ3n) is 3.91. The molecule has 0 unspecified atom stereocenters. The molecule has 0 bridgehead atoms. The fraction of sp³-hybridized carbons (Fsp3) is 0.0476. The van der Waals surface area contributed by atoms with Crippen molar-refractivity contribution in [3.8, 4) is 5.75 Å². The number of halogens is 2. The van der Waals surface area contributed by atoms with Crippen LogP contribution in [0.2, 0.25) is 5.02 Å². The van der Waals surface area contributed by atoms with E-state index in [0.29, 0.717) is 27.6 Å². The molecule has 0 saturated heterocycles. The molecular weight excluding hydrogens is 381 g/mol. The third kappa shape index (κ3) is 4.86. The zero-order valence-corrected chi connectivity index (χ0v) is 15.5. The van der Waals surface area contributed by atoms with Crippen LogP contribution in [0.25, 0.3) is 0 Å². The van der Waals surface area contributed by atoms with Gasteiger partial charge >= 0.3 is 0 Å². The molecule has 0 heterocycles. The number of nitrogens with two attached hydrogens (primary N) is 1. The Hall–Kier alpha value is -3.38. The molecule has 0 aliphatic heterocycles. The predicted octanol–water partition coefficient (Wildman–Crippen LogP) is 4.40. The summed E-state index contributed by atoms with van der Waals surface area (Å²) in [7, 11) is 0. The Morgan fingerprint density at radius 3 is 2.57 bits per heavy atom.